The van der Waals surface area contributed by atoms with Gasteiger partial charge in [0.2, 0.25) is 5.91 Å². The highest BCUT2D eigenvalue weighted by Gasteiger charge is 2.27. The molecule has 0 fully saturated rings. The van der Waals surface area contributed by atoms with Gasteiger partial charge in [-0.2, -0.15) is 0 Å². The summed E-state index contributed by atoms with van der Waals surface area (Å²) in [7, 11) is 1.60. The number of halogens is 1. The maximum Gasteiger partial charge on any atom is 0.261 e. The maximum atomic E-state index is 13.0. The lowest BCUT2D eigenvalue weighted by Crippen LogP contribution is -2.50. The number of nitrogens with one attached hydrogen (secondary N) is 1. The molecule has 2 atom stereocenters. The van der Waals surface area contributed by atoms with Crippen molar-refractivity contribution in [3.63, 3.8) is 0 Å². The van der Waals surface area contributed by atoms with Crippen molar-refractivity contribution < 1.29 is 19.1 Å². The zero-order valence-corrected chi connectivity index (χ0v) is 20.0. The smallest absolute Gasteiger partial charge is 0.261 e. The number of amides is 2. The third-order valence-corrected chi connectivity index (χ3v) is 5.55. The van der Waals surface area contributed by atoms with Crippen LogP contribution in [-0.4, -0.2) is 42.5 Å². The summed E-state index contributed by atoms with van der Waals surface area (Å²) in [6, 6.07) is 14.3. The molecule has 0 saturated heterocycles. The molecule has 7 heteroatoms. The van der Waals surface area contributed by atoms with Gasteiger partial charge in [0.15, 0.2) is 6.61 Å². The van der Waals surface area contributed by atoms with Crippen molar-refractivity contribution in [2.45, 2.75) is 45.8 Å². The molecular weight excluding hydrogens is 495 g/mol. The molecule has 162 valence electrons. The first-order valence-corrected chi connectivity index (χ1v) is 11.0. The maximum absolute atomic E-state index is 13.0. The van der Waals surface area contributed by atoms with Crippen molar-refractivity contribution >= 4 is 34.4 Å². The van der Waals surface area contributed by atoms with Gasteiger partial charge in [0.1, 0.15) is 17.5 Å². The van der Waals surface area contributed by atoms with Gasteiger partial charge in [-0.15, -0.1) is 0 Å². The molecule has 0 aliphatic rings. The van der Waals surface area contributed by atoms with E-state index in [1.165, 1.54) is 0 Å². The van der Waals surface area contributed by atoms with Gasteiger partial charge in [-0.25, -0.2) is 0 Å². The molecule has 0 aliphatic carbocycles. The van der Waals surface area contributed by atoms with Crippen LogP contribution in [0.4, 0.5) is 0 Å². The SMILES string of the molecule is CC[C@@H](C)NC(=O)[C@@H](C)N(Cc1cccc(OC)c1)C(=O)COc1ccc(I)cc1. The van der Waals surface area contributed by atoms with Crippen LogP contribution in [0.1, 0.15) is 32.8 Å². The van der Waals surface area contributed by atoms with E-state index in [0.29, 0.717) is 11.5 Å². The number of carbonyl (C=O) groups excluding carboxylic acids is 2. The molecule has 2 aromatic rings. The molecule has 0 aromatic heterocycles. The molecular formula is C23H29IN2O4. The van der Waals surface area contributed by atoms with Crippen LogP contribution in [0.25, 0.3) is 0 Å². The van der Waals surface area contributed by atoms with Gasteiger partial charge in [-0.1, -0.05) is 19.1 Å². The number of methoxy groups -OCH3 is 1. The monoisotopic (exact) mass is 524 g/mol. The zero-order chi connectivity index (χ0) is 22.1. The second-order valence-electron chi connectivity index (χ2n) is 7.11. The van der Waals surface area contributed by atoms with E-state index in [9.17, 15) is 9.59 Å². The summed E-state index contributed by atoms with van der Waals surface area (Å²) < 4.78 is 12.0. The minimum atomic E-state index is -0.641. The Morgan fingerprint density at radius 1 is 1.10 bits per heavy atom. The molecule has 30 heavy (non-hydrogen) atoms. The van der Waals surface area contributed by atoms with Gasteiger partial charge in [-0.3, -0.25) is 9.59 Å². The minimum absolute atomic E-state index is 0.0387. The van der Waals surface area contributed by atoms with Crippen LogP contribution < -0.4 is 14.8 Å². The molecule has 0 aliphatic heterocycles. The van der Waals surface area contributed by atoms with E-state index < -0.39 is 6.04 Å². The van der Waals surface area contributed by atoms with Gasteiger partial charge in [0.25, 0.3) is 5.91 Å². The van der Waals surface area contributed by atoms with E-state index in [1.54, 1.807) is 18.9 Å². The third-order valence-electron chi connectivity index (χ3n) is 4.83. The highest BCUT2D eigenvalue weighted by atomic mass is 127. The Morgan fingerprint density at radius 2 is 1.80 bits per heavy atom. The van der Waals surface area contributed by atoms with Crippen LogP contribution >= 0.6 is 22.6 Å². The van der Waals surface area contributed by atoms with Crippen molar-refractivity contribution in [1.29, 1.82) is 0 Å². The van der Waals surface area contributed by atoms with Gasteiger partial charge in [0.05, 0.1) is 7.11 Å². The number of nitrogens with zero attached hydrogens (tertiary/aromatic N) is 1. The Labute approximate surface area is 192 Å². The van der Waals surface area contributed by atoms with Crippen LogP contribution in [0.2, 0.25) is 0 Å². The minimum Gasteiger partial charge on any atom is -0.497 e. The molecule has 0 radical (unpaired) electrons. The first-order chi connectivity index (χ1) is 14.3. The summed E-state index contributed by atoms with van der Waals surface area (Å²) in [6.45, 7) is 5.82. The van der Waals surface area contributed by atoms with Gasteiger partial charge in [-0.05, 0) is 84.8 Å². The van der Waals surface area contributed by atoms with E-state index >= 15 is 0 Å². The first-order valence-electron chi connectivity index (χ1n) is 9.95. The molecule has 1 N–H and O–H groups in total. The van der Waals surface area contributed by atoms with E-state index in [2.05, 4.69) is 27.9 Å². The topological polar surface area (TPSA) is 67.9 Å². The Bertz CT molecular complexity index is 841. The van der Waals surface area contributed by atoms with Gasteiger partial charge in [0, 0.05) is 16.2 Å². The molecule has 2 rings (SSSR count). The fraction of sp³-hybridized carbons (Fsp3) is 0.391. The van der Waals surface area contributed by atoms with Crippen LogP contribution in [0.5, 0.6) is 11.5 Å². The largest absolute Gasteiger partial charge is 0.497 e. The highest BCUT2D eigenvalue weighted by Crippen LogP contribution is 2.17. The summed E-state index contributed by atoms with van der Waals surface area (Å²) in [5.74, 6) is 0.867. The molecule has 0 spiro atoms. The predicted molar refractivity (Wildman–Crippen MR) is 126 cm³/mol. The summed E-state index contributed by atoms with van der Waals surface area (Å²) in [5, 5.41) is 2.95. The van der Waals surface area contributed by atoms with Gasteiger partial charge < -0.3 is 19.7 Å². The summed E-state index contributed by atoms with van der Waals surface area (Å²) in [5.41, 5.74) is 0.875. The number of benzene rings is 2. The third kappa shape index (κ3) is 7.19. The van der Waals surface area contributed by atoms with Crippen molar-refractivity contribution in [3.05, 3.63) is 57.7 Å². The van der Waals surface area contributed by atoms with Crippen molar-refractivity contribution in [2.75, 3.05) is 13.7 Å². The lowest BCUT2D eigenvalue weighted by molar-refractivity contribution is -0.142. The molecule has 0 heterocycles. The lowest BCUT2D eigenvalue weighted by Gasteiger charge is -2.29. The Kier molecular flexibility index (Phi) is 9.42. The van der Waals surface area contributed by atoms with E-state index in [-0.39, 0.29) is 31.0 Å². The van der Waals surface area contributed by atoms with Crippen LogP contribution in [0, 0.1) is 3.57 Å². The summed E-state index contributed by atoms with van der Waals surface area (Å²) in [4.78, 5) is 27.3. The molecule has 0 bridgehead atoms. The second kappa shape index (κ2) is 11.8. The van der Waals surface area contributed by atoms with E-state index in [4.69, 9.17) is 9.47 Å². The van der Waals surface area contributed by atoms with Crippen molar-refractivity contribution in [2.24, 2.45) is 0 Å². The highest BCUT2D eigenvalue weighted by molar-refractivity contribution is 14.1. The molecule has 0 saturated carbocycles. The van der Waals surface area contributed by atoms with Crippen molar-refractivity contribution in [1.82, 2.24) is 10.2 Å². The predicted octanol–water partition coefficient (Wildman–Crippen LogP) is 4.01. The van der Waals surface area contributed by atoms with Crippen LogP contribution in [0.3, 0.4) is 0 Å². The van der Waals surface area contributed by atoms with E-state index in [0.717, 1.165) is 15.6 Å². The Morgan fingerprint density at radius 3 is 2.43 bits per heavy atom. The van der Waals surface area contributed by atoms with Crippen LogP contribution in [-0.2, 0) is 16.1 Å². The average Bonchev–Trinajstić information content (AvgIpc) is 2.76. The molecule has 0 unspecified atom stereocenters. The first kappa shape index (κ1) is 24.0. The van der Waals surface area contributed by atoms with Gasteiger partial charge >= 0.3 is 0 Å². The van der Waals surface area contributed by atoms with Crippen LogP contribution in [0.15, 0.2) is 48.5 Å². The summed E-state index contributed by atoms with van der Waals surface area (Å²) in [6.07, 6.45) is 0.818. The average molecular weight is 524 g/mol. The Hall–Kier alpha value is -2.29. The molecule has 2 amide bonds. The number of carbonyl (C=O) groups is 2. The Balaban J connectivity index is 2.16. The standard InChI is InChI=1S/C23H29IN2O4/c1-5-16(2)25-23(28)17(3)26(14-18-7-6-8-21(13-18)29-4)22(27)15-30-20-11-9-19(24)10-12-20/h6-13,16-17H,5,14-15H2,1-4H3,(H,25,28)/t16-,17-/m1/s1. The number of hydrogen-bond acceptors (Lipinski definition) is 4. The molecule has 2 aromatic carbocycles. The number of ether oxygens (including phenoxy) is 2. The lowest BCUT2D eigenvalue weighted by atomic mass is 10.1. The fourth-order valence-electron chi connectivity index (χ4n) is 2.77. The zero-order valence-electron chi connectivity index (χ0n) is 17.9. The van der Waals surface area contributed by atoms with Crippen molar-refractivity contribution in [3.8, 4) is 11.5 Å². The number of hydrogen-bond donors (Lipinski definition) is 1. The fourth-order valence-corrected chi connectivity index (χ4v) is 3.13. The number of rotatable bonds is 10. The summed E-state index contributed by atoms with van der Waals surface area (Å²) >= 11 is 2.21. The molecule has 6 nitrogen and oxygen atoms in total. The normalized spacial score (nSPS) is 12.6. The second-order valence-corrected chi connectivity index (χ2v) is 8.36. The quantitative estimate of drug-likeness (QED) is 0.477. The van der Waals surface area contributed by atoms with E-state index in [1.807, 2.05) is 62.4 Å².